The summed E-state index contributed by atoms with van der Waals surface area (Å²) < 4.78 is 57.0. The van der Waals surface area contributed by atoms with Gasteiger partial charge >= 0.3 is 6.61 Å². The third-order valence-electron chi connectivity index (χ3n) is 4.95. The second-order valence-corrected chi connectivity index (χ2v) is 10.2. The lowest BCUT2D eigenvalue weighted by atomic mass is 10.0. The second-order valence-electron chi connectivity index (χ2n) is 6.95. The number of carbonyl (C=O) groups excluding carboxylic acids is 1. The molecular weight excluding hydrogens is 482 g/mol. The molecule has 0 aliphatic carbocycles. The molecule has 1 N–H and O–H groups in total. The molecule has 11 heteroatoms. The molecule has 6 nitrogen and oxygen atoms in total. The number of halogens is 3. The first-order chi connectivity index (χ1) is 15.3. The summed E-state index contributed by atoms with van der Waals surface area (Å²) in [4.78, 5) is 12.8. The molecule has 0 fully saturated rings. The molecule has 0 saturated carbocycles. The van der Waals surface area contributed by atoms with Gasteiger partial charge in [0.1, 0.15) is 15.5 Å². The fourth-order valence-electron chi connectivity index (χ4n) is 3.44. The van der Waals surface area contributed by atoms with Gasteiger partial charge in [0.05, 0.1) is 5.02 Å². The molecule has 0 radical (unpaired) electrons. The van der Waals surface area contributed by atoms with Crippen LogP contribution >= 0.6 is 22.9 Å². The van der Waals surface area contributed by atoms with Crippen LogP contribution in [0.5, 0.6) is 5.75 Å². The Bertz CT molecular complexity index is 1260. The van der Waals surface area contributed by atoms with Crippen LogP contribution in [0.25, 0.3) is 0 Å². The molecule has 2 heterocycles. The maximum absolute atomic E-state index is 13.3. The van der Waals surface area contributed by atoms with E-state index >= 15 is 0 Å². The zero-order chi connectivity index (χ0) is 22.9. The summed E-state index contributed by atoms with van der Waals surface area (Å²) in [6.45, 7) is -2.48. The van der Waals surface area contributed by atoms with Crippen LogP contribution in [-0.2, 0) is 23.0 Å². The van der Waals surface area contributed by atoms with Crippen molar-refractivity contribution in [3.8, 4) is 5.75 Å². The van der Waals surface area contributed by atoms with Crippen LogP contribution in [-0.4, -0.2) is 31.8 Å². The minimum absolute atomic E-state index is 0.0212. The molecule has 1 aliphatic rings. The first-order valence-electron chi connectivity index (χ1n) is 9.46. The Morgan fingerprint density at radius 2 is 1.91 bits per heavy atom. The minimum atomic E-state index is -3.90. The highest BCUT2D eigenvalue weighted by atomic mass is 35.5. The lowest BCUT2D eigenvalue weighted by molar-refractivity contribution is -0.0497. The van der Waals surface area contributed by atoms with E-state index in [4.69, 9.17) is 11.6 Å². The summed E-state index contributed by atoms with van der Waals surface area (Å²) in [6.07, 6.45) is 0.590. The molecule has 168 valence electrons. The zero-order valence-corrected chi connectivity index (χ0v) is 18.8. The Morgan fingerprint density at radius 1 is 1.16 bits per heavy atom. The lowest BCUT2D eigenvalue weighted by Gasteiger charge is -2.28. The average molecular weight is 499 g/mol. The summed E-state index contributed by atoms with van der Waals surface area (Å²) in [7, 11) is -3.90. The van der Waals surface area contributed by atoms with Gasteiger partial charge < -0.3 is 10.1 Å². The van der Waals surface area contributed by atoms with E-state index in [1.54, 1.807) is 0 Å². The van der Waals surface area contributed by atoms with Crippen LogP contribution in [0.1, 0.15) is 20.8 Å². The second kappa shape index (κ2) is 9.14. The molecule has 0 spiro atoms. The Labute approximate surface area is 192 Å². The smallest absolute Gasteiger partial charge is 0.387 e. The van der Waals surface area contributed by atoms with Gasteiger partial charge in [0, 0.05) is 18.8 Å². The highest BCUT2D eigenvalue weighted by Crippen LogP contribution is 2.32. The SMILES string of the molecule is O=C(Nc1ccc(OC(F)F)c(Cl)c1)c1sccc1S(=O)(=O)N1CCc2ccccc2C1. The van der Waals surface area contributed by atoms with Crippen LogP contribution in [0, 0.1) is 0 Å². The van der Waals surface area contributed by atoms with Gasteiger partial charge in [0.15, 0.2) is 0 Å². The number of nitrogens with one attached hydrogen (secondary N) is 1. The lowest BCUT2D eigenvalue weighted by Crippen LogP contribution is -2.36. The topological polar surface area (TPSA) is 75.7 Å². The molecule has 3 aromatic rings. The molecule has 0 bridgehead atoms. The molecular formula is C21H17ClF2N2O4S2. The summed E-state index contributed by atoms with van der Waals surface area (Å²) in [5, 5.41) is 3.98. The van der Waals surface area contributed by atoms with E-state index in [9.17, 15) is 22.0 Å². The predicted molar refractivity (Wildman–Crippen MR) is 118 cm³/mol. The summed E-state index contributed by atoms with van der Waals surface area (Å²) in [5.74, 6) is -0.876. The van der Waals surface area contributed by atoms with Crippen molar-refractivity contribution in [3.63, 3.8) is 0 Å². The Morgan fingerprint density at radius 3 is 2.62 bits per heavy atom. The highest BCUT2D eigenvalue weighted by Gasteiger charge is 2.32. The molecule has 1 aromatic heterocycles. The highest BCUT2D eigenvalue weighted by molar-refractivity contribution is 7.89. The van der Waals surface area contributed by atoms with Crippen molar-refractivity contribution >= 4 is 44.6 Å². The first-order valence-corrected chi connectivity index (χ1v) is 12.2. The van der Waals surface area contributed by atoms with Crippen LogP contribution in [0.15, 0.2) is 58.8 Å². The fraction of sp³-hybridized carbons (Fsp3) is 0.190. The largest absolute Gasteiger partial charge is 0.433 e. The normalized spacial score (nSPS) is 14.2. The number of amides is 1. The number of hydrogen-bond donors (Lipinski definition) is 1. The molecule has 0 saturated heterocycles. The number of sulfonamides is 1. The van der Waals surface area contributed by atoms with E-state index in [-0.39, 0.29) is 32.8 Å². The van der Waals surface area contributed by atoms with Gasteiger partial charge in [0.2, 0.25) is 10.0 Å². The number of nitrogens with zero attached hydrogens (tertiary/aromatic N) is 1. The third-order valence-corrected chi connectivity index (χ3v) is 8.18. The molecule has 1 amide bonds. The van der Waals surface area contributed by atoms with Crippen molar-refractivity contribution in [2.24, 2.45) is 0 Å². The number of alkyl halides is 2. The number of carbonyl (C=O) groups is 1. The Kier molecular flexibility index (Phi) is 6.47. The summed E-state index contributed by atoms with van der Waals surface area (Å²) in [6, 6.07) is 12.8. The van der Waals surface area contributed by atoms with Crippen molar-refractivity contribution in [1.29, 1.82) is 0 Å². The number of rotatable bonds is 6. The van der Waals surface area contributed by atoms with E-state index in [0.29, 0.717) is 13.0 Å². The Hall–Kier alpha value is -2.53. The van der Waals surface area contributed by atoms with Gasteiger partial charge in [-0.1, -0.05) is 35.9 Å². The minimum Gasteiger partial charge on any atom is -0.433 e. The zero-order valence-electron chi connectivity index (χ0n) is 16.4. The van der Waals surface area contributed by atoms with Crippen molar-refractivity contribution in [1.82, 2.24) is 4.31 Å². The number of fused-ring (bicyclic) bond motifs is 1. The van der Waals surface area contributed by atoms with Crippen LogP contribution in [0.3, 0.4) is 0 Å². The van der Waals surface area contributed by atoms with Gasteiger partial charge in [-0.25, -0.2) is 8.42 Å². The maximum Gasteiger partial charge on any atom is 0.387 e. The van der Waals surface area contributed by atoms with Gasteiger partial charge in [-0.05, 0) is 47.2 Å². The monoisotopic (exact) mass is 498 g/mol. The fourth-order valence-corrected chi connectivity index (χ4v) is 6.38. The Balaban J connectivity index is 1.54. The number of thiophene rings is 1. The van der Waals surface area contributed by atoms with Gasteiger partial charge in [-0.3, -0.25) is 4.79 Å². The van der Waals surface area contributed by atoms with E-state index in [2.05, 4.69) is 10.1 Å². The number of hydrogen-bond acceptors (Lipinski definition) is 5. The molecule has 2 aromatic carbocycles. The van der Waals surface area contributed by atoms with Crippen molar-refractivity contribution in [2.45, 2.75) is 24.5 Å². The molecule has 1 aliphatic heterocycles. The van der Waals surface area contributed by atoms with E-state index in [1.165, 1.54) is 34.0 Å². The molecule has 32 heavy (non-hydrogen) atoms. The third kappa shape index (κ3) is 4.63. The summed E-state index contributed by atoms with van der Waals surface area (Å²) in [5.41, 5.74) is 2.26. The maximum atomic E-state index is 13.3. The van der Waals surface area contributed by atoms with Crippen molar-refractivity contribution in [2.75, 3.05) is 11.9 Å². The quantitative estimate of drug-likeness (QED) is 0.519. The van der Waals surface area contributed by atoms with Crippen molar-refractivity contribution in [3.05, 3.63) is 74.9 Å². The first kappa shape index (κ1) is 22.7. The molecule has 0 unspecified atom stereocenters. The van der Waals surface area contributed by atoms with Gasteiger partial charge in [0.25, 0.3) is 5.91 Å². The van der Waals surface area contributed by atoms with Crippen LogP contribution < -0.4 is 10.1 Å². The molecule has 4 rings (SSSR count). The summed E-state index contributed by atoms with van der Waals surface area (Å²) >= 11 is 6.91. The predicted octanol–water partition coefficient (Wildman–Crippen LogP) is 5.00. The standard InChI is InChI=1S/C21H17ClF2N2O4S2/c22-16-11-15(5-6-17(16)30-21(23)24)25-20(27)19-18(8-10-31-19)32(28,29)26-9-7-13-3-1-2-4-14(13)12-26/h1-6,8,10-11,21H,7,9,12H2,(H,25,27). The molecule has 0 atom stereocenters. The number of anilines is 1. The van der Waals surface area contributed by atoms with Crippen molar-refractivity contribution < 1.29 is 26.7 Å². The van der Waals surface area contributed by atoms with Gasteiger partial charge in [-0.2, -0.15) is 13.1 Å². The van der Waals surface area contributed by atoms with Crippen LogP contribution in [0.2, 0.25) is 5.02 Å². The van der Waals surface area contributed by atoms with E-state index in [1.807, 2.05) is 24.3 Å². The van der Waals surface area contributed by atoms with Gasteiger partial charge in [-0.15, -0.1) is 11.3 Å². The van der Waals surface area contributed by atoms with Crippen LogP contribution in [0.4, 0.5) is 14.5 Å². The number of benzene rings is 2. The average Bonchev–Trinajstić information content (AvgIpc) is 3.26. The number of ether oxygens (including phenoxy) is 1. The van der Waals surface area contributed by atoms with E-state index < -0.39 is 22.5 Å². The van der Waals surface area contributed by atoms with E-state index in [0.717, 1.165) is 22.5 Å².